The maximum atomic E-state index is 12.9. The summed E-state index contributed by atoms with van der Waals surface area (Å²) in [6, 6.07) is 12.4. The first-order valence-corrected chi connectivity index (χ1v) is 10.5. The lowest BCUT2D eigenvalue weighted by atomic mass is 10.1. The fourth-order valence-corrected chi connectivity index (χ4v) is 3.95. The second-order valence-corrected chi connectivity index (χ2v) is 8.34. The summed E-state index contributed by atoms with van der Waals surface area (Å²) < 4.78 is 0. The summed E-state index contributed by atoms with van der Waals surface area (Å²) in [5.41, 5.74) is 2.92. The molecule has 0 aromatic heterocycles. The van der Waals surface area contributed by atoms with Crippen LogP contribution in [0, 0.1) is 18.8 Å². The molecule has 2 aliphatic rings. The number of carbonyl (C=O) groups is 3. The number of hydrogen-bond donors (Lipinski definition) is 2. The van der Waals surface area contributed by atoms with Gasteiger partial charge in [0.15, 0.2) is 0 Å². The molecule has 2 aromatic rings. The fourth-order valence-electron chi connectivity index (χ4n) is 3.95. The second-order valence-electron chi connectivity index (χ2n) is 8.34. The Labute approximate surface area is 176 Å². The number of rotatable bonds is 5. The SMILES string of the molecule is Cc1cccc(C(=O)N2CCCC2)c1NC(=O)c1cccc(NC(=O)C2CC2C)c1. The van der Waals surface area contributed by atoms with Gasteiger partial charge in [0, 0.05) is 30.3 Å². The lowest BCUT2D eigenvalue weighted by Gasteiger charge is -2.19. The van der Waals surface area contributed by atoms with E-state index in [9.17, 15) is 14.4 Å². The molecule has 0 bridgehead atoms. The van der Waals surface area contributed by atoms with Crippen LogP contribution < -0.4 is 10.6 Å². The Hall–Kier alpha value is -3.15. The third-order valence-corrected chi connectivity index (χ3v) is 5.97. The minimum Gasteiger partial charge on any atom is -0.339 e. The topological polar surface area (TPSA) is 78.5 Å². The van der Waals surface area contributed by atoms with E-state index in [1.807, 2.05) is 24.0 Å². The Morgan fingerprint density at radius 3 is 2.40 bits per heavy atom. The fraction of sp³-hybridized carbons (Fsp3) is 0.375. The molecule has 0 spiro atoms. The highest BCUT2D eigenvalue weighted by molar-refractivity contribution is 6.10. The van der Waals surface area contributed by atoms with Crippen molar-refractivity contribution < 1.29 is 14.4 Å². The van der Waals surface area contributed by atoms with Gasteiger partial charge in [0.05, 0.1) is 11.3 Å². The average molecular weight is 405 g/mol. The predicted molar refractivity (Wildman–Crippen MR) is 117 cm³/mol. The number of nitrogens with one attached hydrogen (secondary N) is 2. The number of aryl methyl sites for hydroxylation is 1. The summed E-state index contributed by atoms with van der Waals surface area (Å²) in [5.74, 6) is 0.122. The molecule has 1 aliphatic heterocycles. The van der Waals surface area contributed by atoms with Gasteiger partial charge in [-0.15, -0.1) is 0 Å². The Kier molecular flexibility index (Phi) is 5.57. The van der Waals surface area contributed by atoms with E-state index < -0.39 is 0 Å². The molecule has 2 unspecified atom stereocenters. The molecule has 2 N–H and O–H groups in total. The van der Waals surface area contributed by atoms with E-state index in [4.69, 9.17) is 0 Å². The summed E-state index contributed by atoms with van der Waals surface area (Å²) in [6.07, 6.45) is 2.93. The van der Waals surface area contributed by atoms with E-state index in [1.54, 1.807) is 30.3 Å². The lowest BCUT2D eigenvalue weighted by molar-refractivity contribution is -0.117. The molecular formula is C24H27N3O3. The summed E-state index contributed by atoms with van der Waals surface area (Å²) in [5, 5.41) is 5.81. The van der Waals surface area contributed by atoms with Crippen molar-refractivity contribution in [2.24, 2.45) is 11.8 Å². The molecule has 1 saturated carbocycles. The van der Waals surface area contributed by atoms with Gasteiger partial charge in [0.25, 0.3) is 11.8 Å². The lowest BCUT2D eigenvalue weighted by Crippen LogP contribution is -2.29. The van der Waals surface area contributed by atoms with Crippen molar-refractivity contribution in [2.75, 3.05) is 23.7 Å². The zero-order chi connectivity index (χ0) is 21.3. The predicted octanol–water partition coefficient (Wildman–Crippen LogP) is 4.08. The number of likely N-dealkylation sites (tertiary alicyclic amines) is 1. The van der Waals surface area contributed by atoms with E-state index in [0.29, 0.717) is 28.4 Å². The number of carbonyl (C=O) groups excluding carboxylic acids is 3. The zero-order valence-corrected chi connectivity index (χ0v) is 17.4. The van der Waals surface area contributed by atoms with Crippen molar-refractivity contribution in [1.82, 2.24) is 4.90 Å². The van der Waals surface area contributed by atoms with Gasteiger partial charge in [0.2, 0.25) is 5.91 Å². The Balaban J connectivity index is 1.52. The van der Waals surface area contributed by atoms with Crippen LogP contribution in [0.1, 0.15) is 52.5 Å². The molecule has 1 heterocycles. The number of hydrogen-bond acceptors (Lipinski definition) is 3. The highest BCUT2D eigenvalue weighted by atomic mass is 16.2. The third kappa shape index (κ3) is 4.22. The van der Waals surface area contributed by atoms with E-state index in [2.05, 4.69) is 17.6 Å². The van der Waals surface area contributed by atoms with Crippen LogP contribution in [0.5, 0.6) is 0 Å². The molecule has 156 valence electrons. The normalized spacial score (nSPS) is 20.0. The van der Waals surface area contributed by atoms with Crippen molar-refractivity contribution >= 4 is 29.1 Å². The highest BCUT2D eigenvalue weighted by Gasteiger charge is 2.39. The number of benzene rings is 2. The van der Waals surface area contributed by atoms with Gasteiger partial charge in [-0.05, 0) is 61.9 Å². The summed E-state index contributed by atoms with van der Waals surface area (Å²) >= 11 is 0. The first-order valence-electron chi connectivity index (χ1n) is 10.5. The standard InChI is InChI=1S/C24H27N3O3/c1-15-7-5-10-19(24(30)27-11-3-4-12-27)21(15)26-22(28)17-8-6-9-18(14-17)25-23(29)20-13-16(20)2/h5-10,14,16,20H,3-4,11-13H2,1-2H3,(H,25,29)(H,26,28). The summed E-state index contributed by atoms with van der Waals surface area (Å²) in [4.78, 5) is 39.9. The first-order chi connectivity index (χ1) is 14.4. The van der Waals surface area contributed by atoms with Gasteiger partial charge in [-0.1, -0.05) is 25.1 Å². The van der Waals surface area contributed by atoms with Crippen LogP contribution in [0.3, 0.4) is 0 Å². The third-order valence-electron chi connectivity index (χ3n) is 5.97. The Morgan fingerprint density at radius 2 is 1.70 bits per heavy atom. The quantitative estimate of drug-likeness (QED) is 0.787. The van der Waals surface area contributed by atoms with Gasteiger partial charge in [-0.25, -0.2) is 0 Å². The van der Waals surface area contributed by atoms with Crippen LogP contribution in [0.4, 0.5) is 11.4 Å². The zero-order valence-electron chi connectivity index (χ0n) is 17.4. The maximum absolute atomic E-state index is 12.9. The molecule has 4 rings (SSSR count). The van der Waals surface area contributed by atoms with Crippen molar-refractivity contribution in [3.8, 4) is 0 Å². The molecule has 2 atom stereocenters. The van der Waals surface area contributed by atoms with Crippen LogP contribution in [0.25, 0.3) is 0 Å². The van der Waals surface area contributed by atoms with Gasteiger partial charge in [-0.2, -0.15) is 0 Å². The largest absolute Gasteiger partial charge is 0.339 e. The van der Waals surface area contributed by atoms with Crippen molar-refractivity contribution in [1.29, 1.82) is 0 Å². The van der Waals surface area contributed by atoms with Crippen LogP contribution in [-0.4, -0.2) is 35.7 Å². The van der Waals surface area contributed by atoms with Crippen LogP contribution in [0.2, 0.25) is 0 Å². The van der Waals surface area contributed by atoms with Crippen molar-refractivity contribution in [3.63, 3.8) is 0 Å². The molecule has 0 radical (unpaired) electrons. The molecule has 6 heteroatoms. The molecule has 1 aliphatic carbocycles. The smallest absolute Gasteiger partial charge is 0.255 e. The summed E-state index contributed by atoms with van der Waals surface area (Å²) in [6.45, 7) is 5.43. The van der Waals surface area contributed by atoms with Gasteiger partial charge < -0.3 is 15.5 Å². The average Bonchev–Trinajstić information content (AvgIpc) is 3.23. The molecule has 2 fully saturated rings. The summed E-state index contributed by atoms with van der Waals surface area (Å²) in [7, 11) is 0. The monoisotopic (exact) mass is 405 g/mol. The van der Waals surface area contributed by atoms with Gasteiger partial charge in [-0.3, -0.25) is 14.4 Å². The molecule has 30 heavy (non-hydrogen) atoms. The first kappa shape index (κ1) is 20.1. The van der Waals surface area contributed by atoms with E-state index >= 15 is 0 Å². The highest BCUT2D eigenvalue weighted by Crippen LogP contribution is 2.38. The van der Waals surface area contributed by atoms with Crippen molar-refractivity contribution in [2.45, 2.75) is 33.1 Å². The second kappa shape index (κ2) is 8.30. The van der Waals surface area contributed by atoms with Gasteiger partial charge in [0.1, 0.15) is 0 Å². The maximum Gasteiger partial charge on any atom is 0.255 e. The van der Waals surface area contributed by atoms with Crippen LogP contribution in [-0.2, 0) is 4.79 Å². The number of nitrogens with zero attached hydrogens (tertiary/aromatic N) is 1. The minimum absolute atomic E-state index is 0.00235. The number of anilines is 2. The minimum atomic E-state index is -0.310. The molecule has 1 saturated heterocycles. The van der Waals surface area contributed by atoms with E-state index in [1.165, 1.54) is 0 Å². The Bertz CT molecular complexity index is 995. The van der Waals surface area contributed by atoms with Crippen molar-refractivity contribution in [3.05, 3.63) is 59.2 Å². The van der Waals surface area contributed by atoms with Crippen LogP contribution >= 0.6 is 0 Å². The van der Waals surface area contributed by atoms with E-state index in [0.717, 1.165) is 37.9 Å². The molecule has 6 nitrogen and oxygen atoms in total. The van der Waals surface area contributed by atoms with E-state index in [-0.39, 0.29) is 23.6 Å². The van der Waals surface area contributed by atoms with Gasteiger partial charge >= 0.3 is 0 Å². The Morgan fingerprint density at radius 1 is 1.00 bits per heavy atom. The molecule has 2 aromatic carbocycles. The molecule has 3 amide bonds. The van der Waals surface area contributed by atoms with Crippen LogP contribution in [0.15, 0.2) is 42.5 Å². The molecular weight excluding hydrogens is 378 g/mol. The number of para-hydroxylation sites is 1. The number of amides is 3.